The summed E-state index contributed by atoms with van der Waals surface area (Å²) in [6.45, 7) is 0. The Morgan fingerprint density at radius 3 is 2.65 bits per heavy atom. The number of benzene rings is 2. The summed E-state index contributed by atoms with van der Waals surface area (Å²) in [5.41, 5.74) is 8.18. The van der Waals surface area contributed by atoms with Gasteiger partial charge in [0.15, 0.2) is 0 Å². The van der Waals surface area contributed by atoms with Crippen LogP contribution < -0.4 is 5.73 Å². The molecule has 0 radical (unpaired) electrons. The van der Waals surface area contributed by atoms with Crippen LogP contribution in [0.1, 0.15) is 17.2 Å². The van der Waals surface area contributed by atoms with E-state index in [1.54, 1.807) is 18.3 Å². The first-order chi connectivity index (χ1) is 9.68. The van der Waals surface area contributed by atoms with Crippen molar-refractivity contribution in [3.8, 4) is 0 Å². The zero-order valence-corrected chi connectivity index (χ0v) is 11.3. The summed E-state index contributed by atoms with van der Waals surface area (Å²) in [6, 6.07) is 13.3. The van der Waals surface area contributed by atoms with E-state index in [4.69, 9.17) is 17.3 Å². The molecule has 3 aromatic rings. The number of aromatic nitrogens is 1. The van der Waals surface area contributed by atoms with Crippen molar-refractivity contribution >= 4 is 22.5 Å². The zero-order valence-electron chi connectivity index (χ0n) is 10.6. The number of pyridine rings is 1. The molecule has 2 nitrogen and oxygen atoms in total. The molecule has 3 rings (SSSR count). The molecule has 100 valence electrons. The average molecular weight is 287 g/mol. The van der Waals surface area contributed by atoms with Crippen molar-refractivity contribution in [2.24, 2.45) is 5.73 Å². The van der Waals surface area contributed by atoms with Gasteiger partial charge in [-0.3, -0.25) is 4.98 Å². The summed E-state index contributed by atoms with van der Waals surface area (Å²) in [5.74, 6) is -0.397. The maximum absolute atomic E-state index is 14.0. The Morgan fingerprint density at radius 2 is 1.85 bits per heavy atom. The van der Waals surface area contributed by atoms with Gasteiger partial charge in [-0.2, -0.15) is 0 Å². The Hall–Kier alpha value is -1.97. The Labute approximate surface area is 121 Å². The molecule has 0 saturated heterocycles. The predicted octanol–water partition coefficient (Wildman–Crippen LogP) is 4.08. The van der Waals surface area contributed by atoms with Crippen LogP contribution in [-0.2, 0) is 0 Å². The van der Waals surface area contributed by atoms with Crippen molar-refractivity contribution in [2.45, 2.75) is 6.04 Å². The van der Waals surface area contributed by atoms with E-state index in [0.29, 0.717) is 10.6 Å². The number of nitrogens with zero attached hydrogens (tertiary/aromatic N) is 1. The monoisotopic (exact) mass is 286 g/mol. The van der Waals surface area contributed by atoms with Crippen LogP contribution in [0.2, 0.25) is 5.02 Å². The standard InChI is InChI=1S/C16H12ClFN2/c17-12-6-2-7-13(18)15(12)16(19)11-4-1-8-14-10(11)5-3-9-20-14/h1-9,16H,19H2. The molecule has 1 heterocycles. The van der Waals surface area contributed by atoms with E-state index in [1.165, 1.54) is 6.07 Å². The molecule has 1 aromatic heterocycles. The highest BCUT2D eigenvalue weighted by atomic mass is 35.5. The van der Waals surface area contributed by atoms with Crippen LogP contribution in [0, 0.1) is 5.82 Å². The van der Waals surface area contributed by atoms with Gasteiger partial charge >= 0.3 is 0 Å². The summed E-state index contributed by atoms with van der Waals surface area (Å²) < 4.78 is 14.0. The van der Waals surface area contributed by atoms with E-state index >= 15 is 0 Å². The second kappa shape index (κ2) is 5.19. The van der Waals surface area contributed by atoms with Gasteiger partial charge in [0.25, 0.3) is 0 Å². The molecule has 0 spiro atoms. The lowest BCUT2D eigenvalue weighted by Gasteiger charge is -2.17. The largest absolute Gasteiger partial charge is 0.320 e. The Morgan fingerprint density at radius 1 is 1.05 bits per heavy atom. The van der Waals surface area contributed by atoms with Gasteiger partial charge in [-0.1, -0.05) is 35.9 Å². The fourth-order valence-corrected chi connectivity index (χ4v) is 2.64. The number of halogens is 2. The first-order valence-corrected chi connectivity index (χ1v) is 6.59. The van der Waals surface area contributed by atoms with E-state index in [2.05, 4.69) is 4.98 Å². The Kier molecular flexibility index (Phi) is 3.38. The molecule has 4 heteroatoms. The third-order valence-corrected chi connectivity index (χ3v) is 3.65. The van der Waals surface area contributed by atoms with Gasteiger partial charge < -0.3 is 5.73 Å². The van der Waals surface area contributed by atoms with E-state index in [1.807, 2.05) is 30.3 Å². The third-order valence-electron chi connectivity index (χ3n) is 3.33. The van der Waals surface area contributed by atoms with Crippen LogP contribution in [-0.4, -0.2) is 4.98 Å². The Bertz CT molecular complexity index is 748. The molecular formula is C16H12ClFN2. The maximum atomic E-state index is 14.0. The first-order valence-electron chi connectivity index (χ1n) is 6.21. The minimum absolute atomic E-state index is 0.311. The summed E-state index contributed by atoms with van der Waals surface area (Å²) in [6.07, 6.45) is 1.72. The van der Waals surface area contributed by atoms with Crippen LogP contribution in [0.3, 0.4) is 0 Å². The highest BCUT2D eigenvalue weighted by molar-refractivity contribution is 6.31. The summed E-state index contributed by atoms with van der Waals surface area (Å²) in [5, 5.41) is 1.24. The van der Waals surface area contributed by atoms with Gasteiger partial charge in [-0.15, -0.1) is 0 Å². The van der Waals surface area contributed by atoms with Gasteiger partial charge in [-0.25, -0.2) is 4.39 Å². The fraction of sp³-hybridized carbons (Fsp3) is 0.0625. The summed E-state index contributed by atoms with van der Waals surface area (Å²) in [7, 11) is 0. The smallest absolute Gasteiger partial charge is 0.129 e. The lowest BCUT2D eigenvalue weighted by Crippen LogP contribution is -2.14. The highest BCUT2D eigenvalue weighted by Crippen LogP contribution is 2.32. The van der Waals surface area contributed by atoms with Gasteiger partial charge in [-0.05, 0) is 29.8 Å². The lowest BCUT2D eigenvalue weighted by molar-refractivity contribution is 0.600. The number of nitrogens with two attached hydrogens (primary N) is 1. The quantitative estimate of drug-likeness (QED) is 0.771. The molecule has 0 amide bonds. The minimum atomic E-state index is -0.628. The molecule has 1 unspecified atom stereocenters. The van der Waals surface area contributed by atoms with Gasteiger partial charge in [0.1, 0.15) is 5.82 Å². The third kappa shape index (κ3) is 2.15. The molecule has 1 atom stereocenters. The van der Waals surface area contributed by atoms with Crippen molar-refractivity contribution in [3.05, 3.63) is 76.7 Å². The van der Waals surface area contributed by atoms with Gasteiger partial charge in [0, 0.05) is 22.2 Å². The molecular weight excluding hydrogens is 275 g/mol. The maximum Gasteiger partial charge on any atom is 0.129 e. The number of hydrogen-bond acceptors (Lipinski definition) is 2. The van der Waals surface area contributed by atoms with Crippen molar-refractivity contribution in [2.75, 3.05) is 0 Å². The fourth-order valence-electron chi connectivity index (χ4n) is 2.36. The SMILES string of the molecule is NC(c1c(F)cccc1Cl)c1cccc2ncccc12. The molecule has 0 saturated carbocycles. The molecule has 0 aliphatic carbocycles. The zero-order chi connectivity index (χ0) is 14.1. The first kappa shape index (κ1) is 13.0. The van der Waals surface area contributed by atoms with Crippen LogP contribution in [0.4, 0.5) is 4.39 Å². The number of hydrogen-bond donors (Lipinski definition) is 1. The number of fused-ring (bicyclic) bond motifs is 1. The van der Waals surface area contributed by atoms with Crippen molar-refractivity contribution in [1.82, 2.24) is 4.98 Å². The second-order valence-corrected chi connectivity index (χ2v) is 4.94. The minimum Gasteiger partial charge on any atom is -0.320 e. The topological polar surface area (TPSA) is 38.9 Å². The lowest BCUT2D eigenvalue weighted by atomic mass is 9.95. The van der Waals surface area contributed by atoms with E-state index in [0.717, 1.165) is 16.5 Å². The molecule has 2 aromatic carbocycles. The highest BCUT2D eigenvalue weighted by Gasteiger charge is 2.18. The predicted molar refractivity (Wildman–Crippen MR) is 79.2 cm³/mol. The molecule has 20 heavy (non-hydrogen) atoms. The van der Waals surface area contributed by atoms with Crippen LogP contribution in [0.15, 0.2) is 54.7 Å². The Balaban J connectivity index is 2.21. The van der Waals surface area contributed by atoms with Crippen LogP contribution in [0.25, 0.3) is 10.9 Å². The van der Waals surface area contributed by atoms with Crippen LogP contribution in [0.5, 0.6) is 0 Å². The number of rotatable bonds is 2. The van der Waals surface area contributed by atoms with Gasteiger partial charge in [0.05, 0.1) is 11.6 Å². The van der Waals surface area contributed by atoms with E-state index in [9.17, 15) is 4.39 Å². The molecule has 0 bridgehead atoms. The average Bonchev–Trinajstić information content (AvgIpc) is 2.46. The molecule has 0 aliphatic heterocycles. The molecule has 2 N–H and O–H groups in total. The molecule has 0 aliphatic rings. The van der Waals surface area contributed by atoms with E-state index < -0.39 is 11.9 Å². The van der Waals surface area contributed by atoms with Crippen molar-refractivity contribution < 1.29 is 4.39 Å². The normalized spacial score (nSPS) is 12.6. The van der Waals surface area contributed by atoms with Gasteiger partial charge in [0.2, 0.25) is 0 Å². The van der Waals surface area contributed by atoms with Crippen molar-refractivity contribution in [3.63, 3.8) is 0 Å². The van der Waals surface area contributed by atoms with Crippen molar-refractivity contribution in [1.29, 1.82) is 0 Å². The second-order valence-electron chi connectivity index (χ2n) is 4.53. The molecule has 0 fully saturated rings. The van der Waals surface area contributed by atoms with E-state index in [-0.39, 0.29) is 0 Å². The van der Waals surface area contributed by atoms with Crippen LogP contribution >= 0.6 is 11.6 Å². The summed E-state index contributed by atoms with van der Waals surface area (Å²) >= 11 is 6.09. The summed E-state index contributed by atoms with van der Waals surface area (Å²) in [4.78, 5) is 4.28.